The van der Waals surface area contributed by atoms with Crippen LogP contribution in [0.3, 0.4) is 0 Å². The molecule has 0 aromatic carbocycles. The summed E-state index contributed by atoms with van der Waals surface area (Å²) in [4.78, 5) is 29.2. The zero-order valence-corrected chi connectivity index (χ0v) is 20.0. The average Bonchev–Trinajstić information content (AvgIpc) is 3.31. The van der Waals surface area contributed by atoms with Gasteiger partial charge in [0.05, 0.1) is 46.0 Å². The number of anilines is 1. The fourth-order valence-corrected chi connectivity index (χ4v) is 5.57. The van der Waals surface area contributed by atoms with Crippen LogP contribution in [0.5, 0.6) is 0 Å². The SMILES string of the molecule is CC(=O)NC12CCC(Nc3cc(-c4ccc5cc(C#N)cnn45)ncc3C(=O)NCC#N)(CC1)CC2. The Kier molecular flexibility index (Phi) is 5.81. The minimum Gasteiger partial charge on any atom is -0.379 e. The minimum absolute atomic E-state index is 0.00232. The van der Waals surface area contributed by atoms with Crippen molar-refractivity contribution in [1.82, 2.24) is 25.2 Å². The first kappa shape index (κ1) is 23.3. The number of amides is 2. The molecule has 3 aromatic heterocycles. The summed E-state index contributed by atoms with van der Waals surface area (Å²) in [5, 5.41) is 31.9. The Balaban J connectivity index is 1.49. The largest absolute Gasteiger partial charge is 0.379 e. The number of rotatable bonds is 6. The zero-order chi connectivity index (χ0) is 25.3. The molecule has 36 heavy (non-hydrogen) atoms. The number of hydrogen-bond donors (Lipinski definition) is 3. The van der Waals surface area contributed by atoms with Gasteiger partial charge in [-0.05, 0) is 62.8 Å². The monoisotopic (exact) mass is 482 g/mol. The quantitative estimate of drug-likeness (QED) is 0.458. The van der Waals surface area contributed by atoms with Crippen molar-refractivity contribution in [2.45, 2.75) is 56.5 Å². The van der Waals surface area contributed by atoms with Crippen LogP contribution in [0.15, 0.2) is 36.7 Å². The topological polar surface area (TPSA) is 148 Å². The van der Waals surface area contributed by atoms with Crippen LogP contribution in [0.1, 0.15) is 61.4 Å². The summed E-state index contributed by atoms with van der Waals surface area (Å²) in [5.41, 5.74) is 3.29. The molecule has 10 heteroatoms. The molecule has 6 rings (SSSR count). The first-order valence-electron chi connectivity index (χ1n) is 12.0. The molecule has 182 valence electrons. The van der Waals surface area contributed by atoms with E-state index in [-0.39, 0.29) is 29.4 Å². The van der Waals surface area contributed by atoms with E-state index >= 15 is 0 Å². The fourth-order valence-electron chi connectivity index (χ4n) is 5.57. The van der Waals surface area contributed by atoms with E-state index in [4.69, 9.17) is 10.5 Å². The van der Waals surface area contributed by atoms with Crippen molar-refractivity contribution >= 4 is 23.0 Å². The van der Waals surface area contributed by atoms with E-state index in [0.717, 1.165) is 49.7 Å². The molecule has 0 saturated heterocycles. The Morgan fingerprint density at radius 2 is 1.78 bits per heavy atom. The highest BCUT2D eigenvalue weighted by molar-refractivity contribution is 6.00. The molecule has 0 radical (unpaired) electrons. The molecule has 3 aliphatic carbocycles. The second-order valence-electron chi connectivity index (χ2n) is 9.73. The molecule has 3 saturated carbocycles. The molecule has 3 N–H and O–H groups in total. The highest BCUT2D eigenvalue weighted by Crippen LogP contribution is 2.48. The van der Waals surface area contributed by atoms with E-state index in [0.29, 0.717) is 22.5 Å². The summed E-state index contributed by atoms with van der Waals surface area (Å²) in [7, 11) is 0. The number of fused-ring (bicyclic) bond motifs is 4. The van der Waals surface area contributed by atoms with E-state index in [2.05, 4.69) is 32.1 Å². The van der Waals surface area contributed by atoms with Crippen molar-refractivity contribution in [2.75, 3.05) is 11.9 Å². The maximum atomic E-state index is 12.9. The first-order valence-corrected chi connectivity index (χ1v) is 12.0. The summed E-state index contributed by atoms with van der Waals surface area (Å²) in [5.74, 6) is -0.368. The predicted molar refractivity (Wildman–Crippen MR) is 132 cm³/mol. The second-order valence-corrected chi connectivity index (χ2v) is 9.73. The van der Waals surface area contributed by atoms with Gasteiger partial charge in [0.1, 0.15) is 12.6 Å². The predicted octanol–water partition coefficient (Wildman–Crippen LogP) is 2.91. The average molecular weight is 483 g/mol. The summed E-state index contributed by atoms with van der Waals surface area (Å²) in [6, 6.07) is 11.4. The lowest BCUT2D eigenvalue weighted by atomic mass is 9.61. The standard InChI is InChI=1S/C26H26N8O2/c1-17(35)32-25-4-7-26(8-5-25,9-6-25)33-21-13-22(30-16-20(21)24(36)29-11-10-27)23-3-2-19-12-18(14-28)15-31-34(19)23/h2-3,12-13,15-16H,4-9,11H2,1H3,(H,29,36)(H,30,33)(H,32,35). The summed E-state index contributed by atoms with van der Waals surface area (Å²) in [6.45, 7) is 1.47. The normalized spacial score (nSPS) is 22.4. The maximum Gasteiger partial charge on any atom is 0.255 e. The lowest BCUT2D eigenvalue weighted by molar-refractivity contribution is -0.122. The Hall–Kier alpha value is -4.44. The van der Waals surface area contributed by atoms with Crippen LogP contribution in [0, 0.1) is 22.7 Å². The Morgan fingerprint density at radius 1 is 1.06 bits per heavy atom. The van der Waals surface area contributed by atoms with Crippen molar-refractivity contribution < 1.29 is 9.59 Å². The van der Waals surface area contributed by atoms with Crippen LogP contribution in [-0.2, 0) is 4.79 Å². The molecule has 3 fully saturated rings. The van der Waals surface area contributed by atoms with Gasteiger partial charge in [-0.2, -0.15) is 15.6 Å². The molecule has 0 aliphatic heterocycles. The molecule has 2 amide bonds. The maximum absolute atomic E-state index is 12.9. The summed E-state index contributed by atoms with van der Waals surface area (Å²) in [6.07, 6.45) is 8.27. The van der Waals surface area contributed by atoms with Gasteiger partial charge in [0.25, 0.3) is 5.91 Å². The van der Waals surface area contributed by atoms with Crippen LogP contribution >= 0.6 is 0 Å². The molecule has 10 nitrogen and oxygen atoms in total. The van der Waals surface area contributed by atoms with Gasteiger partial charge >= 0.3 is 0 Å². The van der Waals surface area contributed by atoms with Crippen molar-refractivity contribution in [3.05, 3.63) is 47.8 Å². The van der Waals surface area contributed by atoms with Gasteiger partial charge in [0, 0.05) is 24.2 Å². The van der Waals surface area contributed by atoms with Gasteiger partial charge in [-0.25, -0.2) is 4.52 Å². The molecular formula is C26H26N8O2. The smallest absolute Gasteiger partial charge is 0.255 e. The number of carbonyl (C=O) groups excluding carboxylic acids is 2. The van der Waals surface area contributed by atoms with Crippen molar-refractivity contribution in [2.24, 2.45) is 0 Å². The molecular weight excluding hydrogens is 456 g/mol. The molecule has 0 atom stereocenters. The van der Waals surface area contributed by atoms with E-state index in [1.807, 2.05) is 24.3 Å². The van der Waals surface area contributed by atoms with Gasteiger partial charge < -0.3 is 16.0 Å². The number of nitriles is 2. The number of carbonyl (C=O) groups is 2. The fraction of sp³-hybridized carbons (Fsp3) is 0.385. The van der Waals surface area contributed by atoms with Gasteiger partial charge in [-0.3, -0.25) is 14.6 Å². The van der Waals surface area contributed by atoms with Gasteiger partial charge in [-0.15, -0.1) is 0 Å². The molecule has 0 unspecified atom stereocenters. The molecule has 3 aromatic rings. The van der Waals surface area contributed by atoms with Crippen molar-refractivity contribution in [1.29, 1.82) is 10.5 Å². The Labute approximate surface area is 208 Å². The van der Waals surface area contributed by atoms with E-state index in [1.165, 1.54) is 12.4 Å². The Morgan fingerprint density at radius 3 is 2.44 bits per heavy atom. The van der Waals surface area contributed by atoms with Crippen LogP contribution in [0.2, 0.25) is 0 Å². The molecule has 0 spiro atoms. The third kappa shape index (κ3) is 4.22. The van der Waals surface area contributed by atoms with E-state index < -0.39 is 0 Å². The summed E-state index contributed by atoms with van der Waals surface area (Å²) >= 11 is 0. The van der Waals surface area contributed by atoms with Gasteiger partial charge in [0.15, 0.2) is 0 Å². The zero-order valence-electron chi connectivity index (χ0n) is 20.0. The third-order valence-corrected chi connectivity index (χ3v) is 7.46. The number of hydrogen-bond acceptors (Lipinski definition) is 7. The first-order chi connectivity index (χ1) is 17.4. The molecule has 2 bridgehead atoms. The number of nitrogens with zero attached hydrogens (tertiary/aromatic N) is 5. The van der Waals surface area contributed by atoms with E-state index in [9.17, 15) is 9.59 Å². The highest BCUT2D eigenvalue weighted by atomic mass is 16.2. The van der Waals surface area contributed by atoms with Crippen LogP contribution < -0.4 is 16.0 Å². The van der Waals surface area contributed by atoms with Crippen LogP contribution in [0.25, 0.3) is 16.9 Å². The minimum atomic E-state index is -0.370. The Bertz CT molecular complexity index is 1420. The molecule has 3 heterocycles. The number of nitrogens with one attached hydrogen (secondary N) is 3. The van der Waals surface area contributed by atoms with Gasteiger partial charge in [0.2, 0.25) is 5.91 Å². The second kappa shape index (κ2) is 8.97. The highest BCUT2D eigenvalue weighted by Gasteiger charge is 2.49. The third-order valence-electron chi connectivity index (χ3n) is 7.46. The molecule has 3 aliphatic rings. The van der Waals surface area contributed by atoms with Gasteiger partial charge in [-0.1, -0.05) is 0 Å². The van der Waals surface area contributed by atoms with Crippen LogP contribution in [-0.4, -0.2) is 44.0 Å². The van der Waals surface area contributed by atoms with Crippen LogP contribution in [0.4, 0.5) is 5.69 Å². The number of aromatic nitrogens is 3. The number of pyridine rings is 1. The van der Waals surface area contributed by atoms with Crippen molar-refractivity contribution in [3.63, 3.8) is 0 Å². The van der Waals surface area contributed by atoms with Crippen molar-refractivity contribution in [3.8, 4) is 23.5 Å². The van der Waals surface area contributed by atoms with E-state index in [1.54, 1.807) is 17.5 Å². The lowest BCUT2D eigenvalue weighted by Crippen LogP contribution is -2.60. The summed E-state index contributed by atoms with van der Waals surface area (Å²) < 4.78 is 1.71. The lowest BCUT2D eigenvalue weighted by Gasteiger charge is -2.54.